The van der Waals surface area contributed by atoms with Crippen LogP contribution in [0.15, 0.2) is 0 Å². The number of hydrogen-bond acceptors (Lipinski definition) is 5. The van der Waals surface area contributed by atoms with Crippen LogP contribution in [0.5, 0.6) is 0 Å². The highest BCUT2D eigenvalue weighted by Crippen LogP contribution is 2.51. The van der Waals surface area contributed by atoms with E-state index in [0.717, 1.165) is 0 Å². The van der Waals surface area contributed by atoms with Crippen molar-refractivity contribution in [2.75, 3.05) is 20.1 Å². The number of likely N-dealkylation sites (N-methyl/N-ethyl adjacent to an activating group) is 1. The molecule has 0 fully saturated rings. The molecule has 35 heavy (non-hydrogen) atoms. The van der Waals surface area contributed by atoms with Gasteiger partial charge < -0.3 is 26.6 Å². The van der Waals surface area contributed by atoms with Gasteiger partial charge in [-0.25, -0.2) is 0 Å². The first kappa shape index (κ1) is 32.4. The molecule has 5 amide bonds. The van der Waals surface area contributed by atoms with Gasteiger partial charge in [0.2, 0.25) is 29.5 Å². The third kappa shape index (κ3) is 9.49. The molecule has 0 aliphatic rings. The van der Waals surface area contributed by atoms with Crippen molar-refractivity contribution in [3.8, 4) is 0 Å². The molecule has 2 unspecified atom stereocenters. The summed E-state index contributed by atoms with van der Waals surface area (Å²) in [6, 6.07) is -1.79. The van der Waals surface area contributed by atoms with Gasteiger partial charge in [0.25, 0.3) is 0 Å². The van der Waals surface area contributed by atoms with Crippen molar-refractivity contribution in [2.24, 2.45) is 22.2 Å². The third-order valence-corrected chi connectivity index (χ3v) is 7.23. The molecule has 0 bridgehead atoms. The number of carbonyl (C=O) groups is 5. The number of rotatable bonds is 12. The Kier molecular flexibility index (Phi) is 11.9. The van der Waals surface area contributed by atoms with Gasteiger partial charge in [-0.05, 0) is 30.1 Å². The zero-order chi connectivity index (χ0) is 27.8. The summed E-state index contributed by atoms with van der Waals surface area (Å²) in [7, 11) is 1.46. The summed E-state index contributed by atoms with van der Waals surface area (Å²) in [6.45, 7) is 18.8. The molecule has 0 aromatic carbocycles. The topological polar surface area (TPSA) is 146 Å². The lowest BCUT2D eigenvalue weighted by molar-refractivity contribution is -0.142. The largest absolute Gasteiger partial charge is 0.358 e. The summed E-state index contributed by atoms with van der Waals surface area (Å²) < 4.78 is 0. The Labute approximate surface area is 210 Å². The van der Waals surface area contributed by atoms with E-state index in [1.54, 1.807) is 0 Å². The average Bonchev–Trinajstić information content (AvgIpc) is 2.73. The Morgan fingerprint density at radius 3 is 1.69 bits per heavy atom. The van der Waals surface area contributed by atoms with Crippen LogP contribution in [0, 0.1) is 22.2 Å². The molecular weight excluding hydrogens is 450 g/mol. The van der Waals surface area contributed by atoms with E-state index in [1.165, 1.54) is 14.0 Å². The van der Waals surface area contributed by atoms with E-state index in [4.69, 9.17) is 0 Å². The normalized spacial score (nSPS) is 13.9. The van der Waals surface area contributed by atoms with E-state index >= 15 is 0 Å². The van der Waals surface area contributed by atoms with Crippen molar-refractivity contribution in [3.05, 3.63) is 0 Å². The van der Waals surface area contributed by atoms with Crippen LogP contribution in [-0.2, 0) is 24.0 Å². The van der Waals surface area contributed by atoms with Crippen LogP contribution in [0.25, 0.3) is 0 Å². The highest BCUT2D eigenvalue weighted by atomic mass is 16.2. The third-order valence-electron chi connectivity index (χ3n) is 7.23. The summed E-state index contributed by atoms with van der Waals surface area (Å²) >= 11 is 0. The fraction of sp³-hybridized carbons (Fsp3) is 0.800. The van der Waals surface area contributed by atoms with E-state index in [0.29, 0.717) is 6.42 Å². The molecule has 2 atom stereocenters. The lowest BCUT2D eigenvalue weighted by Gasteiger charge is -2.49. The molecule has 0 rings (SSSR count). The average molecular weight is 498 g/mol. The smallest absolute Gasteiger partial charge is 0.243 e. The second-order valence-electron chi connectivity index (χ2n) is 11.6. The first-order valence-corrected chi connectivity index (χ1v) is 12.1. The molecule has 0 aliphatic carbocycles. The molecule has 0 radical (unpaired) electrons. The first-order valence-electron chi connectivity index (χ1n) is 12.1. The minimum absolute atomic E-state index is 0.104. The SMILES string of the molecule is CNC(=O)CNC(=O)C(CC(C)C)NC(=O)C(C)NC(=O)CNC(=O)C(C)(C)C(C)(C)C(C)(C)C. The van der Waals surface area contributed by atoms with Gasteiger partial charge in [0.1, 0.15) is 12.1 Å². The number of nitrogens with one attached hydrogen (secondary N) is 5. The zero-order valence-corrected chi connectivity index (χ0v) is 23.4. The van der Waals surface area contributed by atoms with Crippen molar-refractivity contribution in [1.29, 1.82) is 0 Å². The zero-order valence-electron chi connectivity index (χ0n) is 23.4. The second kappa shape index (κ2) is 12.9. The Bertz CT molecular complexity index is 784. The molecule has 0 heterocycles. The first-order chi connectivity index (χ1) is 15.8. The van der Waals surface area contributed by atoms with E-state index in [1.807, 2.05) is 41.5 Å². The minimum atomic E-state index is -0.931. The maximum atomic E-state index is 12.9. The van der Waals surface area contributed by atoms with Crippen molar-refractivity contribution in [3.63, 3.8) is 0 Å². The maximum absolute atomic E-state index is 12.9. The van der Waals surface area contributed by atoms with E-state index < -0.39 is 35.2 Å². The van der Waals surface area contributed by atoms with Gasteiger partial charge in [-0.15, -0.1) is 0 Å². The maximum Gasteiger partial charge on any atom is 0.243 e. The molecule has 0 saturated heterocycles. The number of carbonyl (C=O) groups excluding carboxylic acids is 5. The monoisotopic (exact) mass is 497 g/mol. The van der Waals surface area contributed by atoms with Crippen LogP contribution in [-0.4, -0.2) is 61.8 Å². The van der Waals surface area contributed by atoms with Gasteiger partial charge in [-0.2, -0.15) is 0 Å². The molecule has 0 saturated carbocycles. The predicted molar refractivity (Wildman–Crippen MR) is 136 cm³/mol. The highest BCUT2D eigenvalue weighted by Gasteiger charge is 2.49. The molecule has 202 valence electrons. The van der Waals surface area contributed by atoms with Crippen LogP contribution in [0.4, 0.5) is 0 Å². The van der Waals surface area contributed by atoms with Crippen LogP contribution >= 0.6 is 0 Å². The molecule has 10 nitrogen and oxygen atoms in total. The Morgan fingerprint density at radius 1 is 0.714 bits per heavy atom. The van der Waals surface area contributed by atoms with E-state index in [-0.39, 0.29) is 41.7 Å². The fourth-order valence-electron chi connectivity index (χ4n) is 3.34. The highest BCUT2D eigenvalue weighted by molar-refractivity contribution is 5.94. The summed E-state index contributed by atoms with van der Waals surface area (Å²) in [5.74, 6) is -2.05. The van der Waals surface area contributed by atoms with E-state index in [9.17, 15) is 24.0 Å². The lowest BCUT2D eigenvalue weighted by atomic mass is 9.55. The fourth-order valence-corrected chi connectivity index (χ4v) is 3.34. The number of amides is 5. The van der Waals surface area contributed by atoms with Gasteiger partial charge in [0.05, 0.1) is 13.1 Å². The molecular formula is C25H47N5O5. The molecule has 5 N–H and O–H groups in total. The molecule has 0 aromatic heterocycles. The van der Waals surface area contributed by atoms with E-state index in [2.05, 4.69) is 47.4 Å². The summed E-state index contributed by atoms with van der Waals surface area (Å²) in [5.41, 5.74) is -1.26. The Hall–Kier alpha value is -2.65. The van der Waals surface area contributed by atoms with Gasteiger partial charge >= 0.3 is 0 Å². The van der Waals surface area contributed by atoms with Crippen molar-refractivity contribution < 1.29 is 24.0 Å². The van der Waals surface area contributed by atoms with Crippen LogP contribution in [0.3, 0.4) is 0 Å². The van der Waals surface area contributed by atoms with Crippen molar-refractivity contribution in [2.45, 2.75) is 87.7 Å². The molecule has 0 spiro atoms. The van der Waals surface area contributed by atoms with Crippen LogP contribution < -0.4 is 26.6 Å². The molecule has 10 heteroatoms. The quantitative estimate of drug-likeness (QED) is 0.274. The van der Waals surface area contributed by atoms with Crippen LogP contribution in [0.1, 0.15) is 75.7 Å². The summed E-state index contributed by atoms with van der Waals surface area (Å²) in [5, 5.41) is 12.8. The number of hydrogen-bond donors (Lipinski definition) is 5. The van der Waals surface area contributed by atoms with Crippen molar-refractivity contribution >= 4 is 29.5 Å². The summed E-state index contributed by atoms with van der Waals surface area (Å²) in [4.78, 5) is 61.8. The van der Waals surface area contributed by atoms with Crippen molar-refractivity contribution in [1.82, 2.24) is 26.6 Å². The predicted octanol–water partition coefficient (Wildman–Crippen LogP) is 1.10. The second-order valence-corrected chi connectivity index (χ2v) is 11.6. The molecule has 0 aliphatic heterocycles. The van der Waals surface area contributed by atoms with Gasteiger partial charge in [0.15, 0.2) is 0 Å². The molecule has 0 aromatic rings. The van der Waals surface area contributed by atoms with Crippen LogP contribution in [0.2, 0.25) is 0 Å². The lowest BCUT2D eigenvalue weighted by Crippen LogP contribution is -2.56. The van der Waals surface area contributed by atoms with Gasteiger partial charge in [-0.3, -0.25) is 24.0 Å². The Morgan fingerprint density at radius 2 is 1.23 bits per heavy atom. The van der Waals surface area contributed by atoms with Gasteiger partial charge in [-0.1, -0.05) is 62.3 Å². The summed E-state index contributed by atoms with van der Waals surface area (Å²) in [6.07, 6.45) is 0.362. The minimum Gasteiger partial charge on any atom is -0.358 e. The van der Waals surface area contributed by atoms with Gasteiger partial charge in [0, 0.05) is 12.5 Å². The Balaban J connectivity index is 5.01. The standard InChI is InChI=1S/C25H47N5O5/c1-15(2)12-17(21(34)27-13-18(31)26-11)30-20(33)16(3)29-19(32)14-28-22(35)24(7,8)25(9,10)23(4,5)6/h15-17H,12-14H2,1-11H3,(H,26,31)(H,27,34)(H,28,35)(H,29,32)(H,30,33).